The van der Waals surface area contributed by atoms with E-state index in [0.29, 0.717) is 31.6 Å². The Morgan fingerprint density at radius 3 is 2.30 bits per heavy atom. The van der Waals surface area contributed by atoms with Crippen LogP contribution in [0.5, 0.6) is 0 Å². The van der Waals surface area contributed by atoms with Crippen LogP contribution in [0.3, 0.4) is 0 Å². The van der Waals surface area contributed by atoms with Crippen LogP contribution >= 0.6 is 0 Å². The molecule has 0 aliphatic heterocycles. The summed E-state index contributed by atoms with van der Waals surface area (Å²) in [5.74, 6) is -0.0437. The van der Waals surface area contributed by atoms with Crippen molar-refractivity contribution in [2.24, 2.45) is 0 Å². The molecule has 0 N–H and O–H groups in total. The molecule has 0 aliphatic rings. The SMILES string of the molecule is CCCCCCCC(=O)N(C)Cc1cccc(-c2ccc(C=C(CC)C(=O)OCC)cc2)c1. The second-order valence-electron chi connectivity index (χ2n) is 8.48. The third-order valence-corrected chi connectivity index (χ3v) is 5.77. The lowest BCUT2D eigenvalue weighted by atomic mass is 10.0. The van der Waals surface area contributed by atoms with E-state index in [1.165, 1.54) is 19.3 Å². The van der Waals surface area contributed by atoms with Gasteiger partial charge in [-0.15, -0.1) is 0 Å². The highest BCUT2D eigenvalue weighted by atomic mass is 16.5. The van der Waals surface area contributed by atoms with Gasteiger partial charge in [0.25, 0.3) is 0 Å². The first-order valence-corrected chi connectivity index (χ1v) is 12.3. The predicted molar refractivity (Wildman–Crippen MR) is 137 cm³/mol. The molecule has 0 aromatic heterocycles. The van der Waals surface area contributed by atoms with Crippen LogP contribution in [0.2, 0.25) is 0 Å². The summed E-state index contributed by atoms with van der Waals surface area (Å²) in [7, 11) is 1.89. The van der Waals surface area contributed by atoms with Gasteiger partial charge in [0.2, 0.25) is 5.91 Å². The Hall–Kier alpha value is -2.88. The lowest BCUT2D eigenvalue weighted by molar-refractivity contribution is -0.138. The molecular weight excluding hydrogens is 410 g/mol. The quantitative estimate of drug-likeness (QED) is 0.187. The molecule has 0 saturated heterocycles. The molecule has 0 heterocycles. The van der Waals surface area contributed by atoms with Gasteiger partial charge in [-0.25, -0.2) is 4.79 Å². The van der Waals surface area contributed by atoms with Crippen LogP contribution in [0, 0.1) is 0 Å². The van der Waals surface area contributed by atoms with Crippen LogP contribution in [-0.2, 0) is 20.9 Å². The average molecular weight is 450 g/mol. The lowest BCUT2D eigenvalue weighted by Gasteiger charge is -2.18. The third-order valence-electron chi connectivity index (χ3n) is 5.77. The number of hydrogen-bond donors (Lipinski definition) is 0. The van der Waals surface area contributed by atoms with Gasteiger partial charge in [-0.05, 0) is 54.2 Å². The van der Waals surface area contributed by atoms with Crippen LogP contribution < -0.4 is 0 Å². The smallest absolute Gasteiger partial charge is 0.333 e. The summed E-state index contributed by atoms with van der Waals surface area (Å²) in [6.07, 6.45) is 8.94. The van der Waals surface area contributed by atoms with Gasteiger partial charge < -0.3 is 9.64 Å². The molecule has 2 rings (SSSR count). The summed E-state index contributed by atoms with van der Waals surface area (Å²) in [5, 5.41) is 0. The minimum Gasteiger partial charge on any atom is -0.463 e. The van der Waals surface area contributed by atoms with Crippen molar-refractivity contribution in [3.8, 4) is 11.1 Å². The molecule has 33 heavy (non-hydrogen) atoms. The van der Waals surface area contributed by atoms with Crippen LogP contribution in [0.4, 0.5) is 0 Å². The summed E-state index contributed by atoms with van der Waals surface area (Å²) in [6.45, 7) is 6.97. The van der Waals surface area contributed by atoms with E-state index in [1.807, 2.05) is 50.1 Å². The molecule has 4 nitrogen and oxygen atoms in total. The molecule has 0 spiro atoms. The molecule has 0 radical (unpaired) electrons. The number of benzene rings is 2. The molecule has 0 bridgehead atoms. The maximum Gasteiger partial charge on any atom is 0.333 e. The number of rotatable bonds is 13. The van der Waals surface area contributed by atoms with Gasteiger partial charge in [0, 0.05) is 25.6 Å². The Balaban J connectivity index is 2.01. The Morgan fingerprint density at radius 1 is 0.909 bits per heavy atom. The summed E-state index contributed by atoms with van der Waals surface area (Å²) in [6, 6.07) is 16.5. The maximum atomic E-state index is 12.5. The van der Waals surface area contributed by atoms with Gasteiger partial charge in [-0.3, -0.25) is 4.79 Å². The Kier molecular flexibility index (Phi) is 11.4. The van der Waals surface area contributed by atoms with Gasteiger partial charge in [-0.2, -0.15) is 0 Å². The number of unbranched alkanes of at least 4 members (excludes halogenated alkanes) is 4. The maximum absolute atomic E-state index is 12.5. The van der Waals surface area contributed by atoms with Crippen molar-refractivity contribution >= 4 is 18.0 Å². The molecule has 0 fully saturated rings. The van der Waals surface area contributed by atoms with E-state index in [4.69, 9.17) is 4.74 Å². The fourth-order valence-electron chi connectivity index (χ4n) is 3.78. The number of carbonyl (C=O) groups is 2. The number of ether oxygens (including phenoxy) is 1. The van der Waals surface area contributed by atoms with Crippen molar-refractivity contribution in [2.75, 3.05) is 13.7 Å². The molecule has 178 valence electrons. The van der Waals surface area contributed by atoms with Gasteiger partial charge in [-0.1, -0.05) is 82.0 Å². The van der Waals surface area contributed by atoms with Crippen molar-refractivity contribution in [2.45, 2.75) is 72.3 Å². The lowest BCUT2D eigenvalue weighted by Crippen LogP contribution is -2.25. The van der Waals surface area contributed by atoms with Crippen molar-refractivity contribution in [3.05, 3.63) is 65.2 Å². The Morgan fingerprint density at radius 2 is 1.64 bits per heavy atom. The summed E-state index contributed by atoms with van der Waals surface area (Å²) >= 11 is 0. The molecule has 2 aromatic rings. The standard InChI is InChI=1S/C29H39NO3/c1-5-8-9-10-11-15-28(31)30(4)22-24-13-12-14-27(21-24)26-18-16-23(17-19-26)20-25(6-2)29(32)33-7-3/h12-14,16-21H,5-11,15,22H2,1-4H3. The highest BCUT2D eigenvalue weighted by Gasteiger charge is 2.10. The van der Waals surface area contributed by atoms with Crippen molar-refractivity contribution in [3.63, 3.8) is 0 Å². The monoisotopic (exact) mass is 449 g/mol. The van der Waals surface area contributed by atoms with Crippen LogP contribution in [-0.4, -0.2) is 30.4 Å². The number of carbonyl (C=O) groups excluding carboxylic acids is 2. The molecule has 2 aromatic carbocycles. The first-order valence-electron chi connectivity index (χ1n) is 12.3. The normalized spacial score (nSPS) is 11.3. The third kappa shape index (κ3) is 8.88. The number of esters is 1. The van der Waals surface area contributed by atoms with E-state index in [0.717, 1.165) is 35.1 Å². The van der Waals surface area contributed by atoms with Crippen molar-refractivity contribution in [1.82, 2.24) is 4.90 Å². The largest absolute Gasteiger partial charge is 0.463 e. The minimum absolute atomic E-state index is 0.210. The van der Waals surface area contributed by atoms with E-state index in [1.54, 1.807) is 0 Å². The van der Waals surface area contributed by atoms with Crippen LogP contribution in [0.15, 0.2) is 54.1 Å². The van der Waals surface area contributed by atoms with E-state index in [-0.39, 0.29) is 11.9 Å². The Bertz CT molecular complexity index is 915. The molecule has 0 saturated carbocycles. The highest BCUT2D eigenvalue weighted by molar-refractivity contribution is 5.93. The topological polar surface area (TPSA) is 46.6 Å². The van der Waals surface area contributed by atoms with E-state index >= 15 is 0 Å². The van der Waals surface area contributed by atoms with Crippen molar-refractivity contribution < 1.29 is 14.3 Å². The average Bonchev–Trinajstić information content (AvgIpc) is 2.83. The number of amides is 1. The predicted octanol–water partition coefficient (Wildman–Crippen LogP) is 7.03. The summed E-state index contributed by atoms with van der Waals surface area (Å²) in [5.41, 5.74) is 4.99. The zero-order valence-corrected chi connectivity index (χ0v) is 20.7. The Labute approximate surface area is 199 Å². The fraction of sp³-hybridized carbons (Fsp3) is 0.448. The zero-order valence-electron chi connectivity index (χ0n) is 20.7. The first-order chi connectivity index (χ1) is 16.0. The summed E-state index contributed by atoms with van der Waals surface area (Å²) < 4.78 is 5.12. The van der Waals surface area contributed by atoms with Gasteiger partial charge in [0.15, 0.2) is 0 Å². The number of nitrogens with zero attached hydrogens (tertiary/aromatic N) is 1. The highest BCUT2D eigenvalue weighted by Crippen LogP contribution is 2.23. The second-order valence-corrected chi connectivity index (χ2v) is 8.48. The van der Waals surface area contributed by atoms with Gasteiger partial charge >= 0.3 is 5.97 Å². The molecule has 0 atom stereocenters. The van der Waals surface area contributed by atoms with Gasteiger partial charge in [0.05, 0.1) is 6.61 Å². The second kappa shape index (κ2) is 14.3. The van der Waals surface area contributed by atoms with Crippen LogP contribution in [0.25, 0.3) is 17.2 Å². The van der Waals surface area contributed by atoms with Gasteiger partial charge in [0.1, 0.15) is 0 Å². The van der Waals surface area contributed by atoms with E-state index in [2.05, 4.69) is 37.3 Å². The number of hydrogen-bond acceptors (Lipinski definition) is 3. The molecule has 1 amide bonds. The summed E-state index contributed by atoms with van der Waals surface area (Å²) in [4.78, 5) is 26.3. The van der Waals surface area contributed by atoms with Crippen molar-refractivity contribution in [1.29, 1.82) is 0 Å². The molecule has 0 aliphatic carbocycles. The molecular formula is C29H39NO3. The minimum atomic E-state index is -0.253. The zero-order chi connectivity index (χ0) is 24.1. The molecule has 4 heteroatoms. The van der Waals surface area contributed by atoms with Crippen LogP contribution in [0.1, 0.15) is 76.8 Å². The van der Waals surface area contributed by atoms with E-state index < -0.39 is 0 Å². The first kappa shape index (κ1) is 26.4. The fourth-order valence-corrected chi connectivity index (χ4v) is 3.78. The van der Waals surface area contributed by atoms with E-state index in [9.17, 15) is 9.59 Å². The molecule has 0 unspecified atom stereocenters.